The first-order chi connectivity index (χ1) is 6.16. The van der Waals surface area contributed by atoms with Gasteiger partial charge in [-0.2, -0.15) is 0 Å². The number of hydrogen-bond donors (Lipinski definition) is 1. The van der Waals surface area contributed by atoms with Gasteiger partial charge in [-0.1, -0.05) is 0 Å². The average molecular weight is 181 g/mol. The summed E-state index contributed by atoms with van der Waals surface area (Å²) in [7, 11) is 1.08. The Bertz CT molecular complexity index is 348. The quantitative estimate of drug-likeness (QED) is 0.399. The molecule has 13 heavy (non-hydrogen) atoms. The van der Waals surface area contributed by atoms with Gasteiger partial charge in [-0.3, -0.25) is 4.79 Å². The van der Waals surface area contributed by atoms with Crippen molar-refractivity contribution in [1.29, 1.82) is 0 Å². The molecule has 0 atom stereocenters. The van der Waals surface area contributed by atoms with Crippen LogP contribution in [0.3, 0.4) is 0 Å². The lowest BCUT2D eigenvalue weighted by Gasteiger charge is -1.99. The van der Waals surface area contributed by atoms with E-state index in [1.165, 1.54) is 18.3 Å². The molecule has 0 radical (unpaired) electrons. The Morgan fingerprint density at radius 3 is 2.77 bits per heavy atom. The molecule has 0 aliphatic heterocycles. The molecule has 0 amide bonds. The maximum absolute atomic E-state index is 11.1. The van der Waals surface area contributed by atoms with Crippen LogP contribution in [0, 0.1) is 0 Å². The molecule has 0 unspecified atom stereocenters. The number of Topliss-reactive ketones (excluding diaryl/α,β-unsaturated/α-hetero) is 1. The topological polar surface area (TPSA) is 76.5 Å². The molecule has 0 aromatic carbocycles. The molecule has 5 nitrogen and oxygen atoms in total. The number of aromatic hydroxyl groups is 1. The van der Waals surface area contributed by atoms with Gasteiger partial charge < -0.3 is 9.84 Å². The van der Waals surface area contributed by atoms with Gasteiger partial charge in [-0.15, -0.1) is 0 Å². The number of methoxy groups -OCH3 is 1. The number of carbonyl (C=O) groups is 2. The summed E-state index contributed by atoms with van der Waals surface area (Å²) in [6.07, 6.45) is 1.30. The van der Waals surface area contributed by atoms with E-state index in [2.05, 4.69) is 9.72 Å². The van der Waals surface area contributed by atoms with Gasteiger partial charge in [0.25, 0.3) is 5.78 Å². The molecule has 1 heterocycles. The SMILES string of the molecule is COC(=O)C(=O)c1ncccc1O. The number of rotatable bonds is 2. The Labute approximate surface area is 74.0 Å². The van der Waals surface area contributed by atoms with E-state index in [4.69, 9.17) is 5.11 Å². The van der Waals surface area contributed by atoms with Crippen LogP contribution < -0.4 is 0 Å². The van der Waals surface area contributed by atoms with Crippen molar-refractivity contribution in [2.75, 3.05) is 7.11 Å². The fraction of sp³-hybridized carbons (Fsp3) is 0.125. The largest absolute Gasteiger partial charge is 0.506 e. The van der Waals surface area contributed by atoms with Crippen LogP contribution in [-0.2, 0) is 9.53 Å². The van der Waals surface area contributed by atoms with Crippen LogP contribution in [0.2, 0.25) is 0 Å². The van der Waals surface area contributed by atoms with Crippen molar-refractivity contribution < 1.29 is 19.4 Å². The third-order valence-electron chi connectivity index (χ3n) is 1.37. The van der Waals surface area contributed by atoms with Gasteiger partial charge in [0, 0.05) is 6.20 Å². The number of hydrogen-bond acceptors (Lipinski definition) is 5. The van der Waals surface area contributed by atoms with Crippen molar-refractivity contribution in [3.63, 3.8) is 0 Å². The van der Waals surface area contributed by atoms with E-state index >= 15 is 0 Å². The molecule has 0 spiro atoms. The molecule has 1 aromatic heterocycles. The van der Waals surface area contributed by atoms with E-state index < -0.39 is 11.8 Å². The van der Waals surface area contributed by atoms with Crippen LogP contribution in [0.5, 0.6) is 5.75 Å². The number of carbonyl (C=O) groups excluding carboxylic acids is 2. The monoisotopic (exact) mass is 181 g/mol. The zero-order valence-electron chi connectivity index (χ0n) is 6.85. The zero-order chi connectivity index (χ0) is 9.84. The Balaban J connectivity index is 3.02. The normalized spacial score (nSPS) is 9.31. The Morgan fingerprint density at radius 2 is 2.23 bits per heavy atom. The van der Waals surface area contributed by atoms with Crippen LogP contribution in [0.25, 0.3) is 0 Å². The van der Waals surface area contributed by atoms with Crippen molar-refractivity contribution >= 4 is 11.8 Å². The van der Waals surface area contributed by atoms with Gasteiger partial charge in [-0.05, 0) is 12.1 Å². The van der Waals surface area contributed by atoms with Gasteiger partial charge in [0.1, 0.15) is 5.75 Å². The third-order valence-corrected chi connectivity index (χ3v) is 1.37. The fourth-order valence-electron chi connectivity index (χ4n) is 0.761. The molecule has 0 saturated heterocycles. The van der Waals surface area contributed by atoms with Gasteiger partial charge in [0.05, 0.1) is 7.11 Å². The number of aromatic nitrogens is 1. The van der Waals surface area contributed by atoms with E-state index in [0.717, 1.165) is 7.11 Å². The van der Waals surface area contributed by atoms with Crippen molar-refractivity contribution in [2.24, 2.45) is 0 Å². The number of esters is 1. The highest BCUT2D eigenvalue weighted by Gasteiger charge is 2.20. The number of nitrogens with zero attached hydrogens (tertiary/aromatic N) is 1. The maximum atomic E-state index is 11.1. The molecule has 1 N–H and O–H groups in total. The maximum Gasteiger partial charge on any atom is 0.381 e. The van der Waals surface area contributed by atoms with Crippen LogP contribution in [0.15, 0.2) is 18.3 Å². The predicted octanol–water partition coefficient (Wildman–Crippen LogP) is 0.143. The summed E-state index contributed by atoms with van der Waals surface area (Å²) in [6, 6.07) is 2.71. The van der Waals surface area contributed by atoms with Crippen LogP contribution in [0.1, 0.15) is 10.5 Å². The minimum absolute atomic E-state index is 0.297. The van der Waals surface area contributed by atoms with E-state index in [1.54, 1.807) is 0 Å². The standard InChI is InChI=1S/C8H7NO4/c1-13-8(12)7(11)6-5(10)3-2-4-9-6/h2-4,10H,1H3. The summed E-state index contributed by atoms with van der Waals surface area (Å²) in [5.41, 5.74) is -0.297. The Morgan fingerprint density at radius 1 is 1.54 bits per heavy atom. The summed E-state index contributed by atoms with van der Waals surface area (Å²) in [6.45, 7) is 0. The third kappa shape index (κ3) is 1.81. The minimum Gasteiger partial charge on any atom is -0.506 e. The number of pyridine rings is 1. The number of ether oxygens (including phenoxy) is 1. The molecular formula is C8H7NO4. The summed E-state index contributed by atoms with van der Waals surface area (Å²) in [5.74, 6) is -2.34. The van der Waals surface area contributed by atoms with Gasteiger partial charge >= 0.3 is 5.97 Å². The van der Waals surface area contributed by atoms with E-state index in [-0.39, 0.29) is 11.4 Å². The molecule has 0 saturated carbocycles. The van der Waals surface area contributed by atoms with Crippen LogP contribution in [-0.4, -0.2) is 29.0 Å². The summed E-state index contributed by atoms with van der Waals surface area (Å²) < 4.78 is 4.18. The molecule has 1 rings (SSSR count). The smallest absolute Gasteiger partial charge is 0.381 e. The summed E-state index contributed by atoms with van der Waals surface area (Å²) in [4.78, 5) is 25.4. The van der Waals surface area contributed by atoms with E-state index in [0.29, 0.717) is 0 Å². The molecule has 0 bridgehead atoms. The Hall–Kier alpha value is -1.91. The highest BCUT2D eigenvalue weighted by Crippen LogP contribution is 2.13. The summed E-state index contributed by atoms with van der Waals surface area (Å²) >= 11 is 0. The van der Waals surface area contributed by atoms with Crippen LogP contribution in [0.4, 0.5) is 0 Å². The molecule has 0 aliphatic rings. The first-order valence-electron chi connectivity index (χ1n) is 3.43. The van der Waals surface area contributed by atoms with Crippen molar-refractivity contribution in [2.45, 2.75) is 0 Å². The lowest BCUT2D eigenvalue weighted by molar-refractivity contribution is -0.135. The van der Waals surface area contributed by atoms with Crippen molar-refractivity contribution in [3.05, 3.63) is 24.0 Å². The molecule has 0 fully saturated rings. The fourth-order valence-corrected chi connectivity index (χ4v) is 0.761. The minimum atomic E-state index is -1.05. The van der Waals surface area contributed by atoms with Gasteiger partial charge in [0.15, 0.2) is 5.69 Å². The predicted molar refractivity (Wildman–Crippen MR) is 42.2 cm³/mol. The molecule has 1 aromatic rings. The first kappa shape index (κ1) is 9.18. The second kappa shape index (κ2) is 3.66. The van der Waals surface area contributed by atoms with E-state index in [1.807, 2.05) is 0 Å². The highest BCUT2D eigenvalue weighted by molar-refractivity contribution is 6.40. The van der Waals surface area contributed by atoms with Gasteiger partial charge in [0.2, 0.25) is 0 Å². The highest BCUT2D eigenvalue weighted by atomic mass is 16.5. The molecule has 0 aliphatic carbocycles. The Kier molecular flexibility index (Phi) is 2.59. The van der Waals surface area contributed by atoms with E-state index in [9.17, 15) is 9.59 Å². The summed E-state index contributed by atoms with van der Waals surface area (Å²) in [5, 5.41) is 9.13. The van der Waals surface area contributed by atoms with Gasteiger partial charge in [-0.25, -0.2) is 9.78 Å². The lowest BCUT2D eigenvalue weighted by Crippen LogP contribution is -2.16. The molecule has 68 valence electrons. The second-order valence-electron chi connectivity index (χ2n) is 2.19. The molecule has 5 heteroatoms. The average Bonchev–Trinajstić information content (AvgIpc) is 2.16. The van der Waals surface area contributed by atoms with Crippen molar-refractivity contribution in [1.82, 2.24) is 4.98 Å². The molecular weight excluding hydrogens is 174 g/mol. The zero-order valence-corrected chi connectivity index (χ0v) is 6.85. The lowest BCUT2D eigenvalue weighted by atomic mass is 10.2. The van der Waals surface area contributed by atoms with Crippen molar-refractivity contribution in [3.8, 4) is 5.75 Å². The second-order valence-corrected chi connectivity index (χ2v) is 2.19. The van der Waals surface area contributed by atoms with Crippen LogP contribution >= 0.6 is 0 Å². The first-order valence-corrected chi connectivity index (χ1v) is 3.43. The number of ketones is 1.